The van der Waals surface area contributed by atoms with Gasteiger partial charge in [-0.15, -0.1) is 0 Å². The van der Waals surface area contributed by atoms with Gasteiger partial charge in [-0.3, -0.25) is 4.79 Å². The Morgan fingerprint density at radius 2 is 2.31 bits per heavy atom. The molecule has 1 aromatic heterocycles. The summed E-state index contributed by atoms with van der Waals surface area (Å²) >= 11 is 3.30. The third-order valence-corrected chi connectivity index (χ3v) is 2.87. The van der Waals surface area contributed by atoms with Crippen molar-refractivity contribution >= 4 is 15.9 Å². The molecule has 0 aliphatic heterocycles. The summed E-state index contributed by atoms with van der Waals surface area (Å²) in [6.45, 7) is 4.14. The van der Waals surface area contributed by atoms with Crippen LogP contribution in [0.4, 0.5) is 0 Å². The van der Waals surface area contributed by atoms with Gasteiger partial charge in [-0.2, -0.15) is 0 Å². The van der Waals surface area contributed by atoms with Crippen molar-refractivity contribution in [1.82, 2.24) is 4.57 Å². The molecule has 0 radical (unpaired) electrons. The van der Waals surface area contributed by atoms with Gasteiger partial charge in [0.1, 0.15) is 0 Å². The summed E-state index contributed by atoms with van der Waals surface area (Å²) in [5.74, 6) is 0. The van der Waals surface area contributed by atoms with E-state index in [0.29, 0.717) is 5.33 Å². The van der Waals surface area contributed by atoms with Gasteiger partial charge < -0.3 is 4.57 Å². The highest BCUT2D eigenvalue weighted by Crippen LogP contribution is 2.07. The van der Waals surface area contributed by atoms with Crippen LogP contribution in [0.15, 0.2) is 23.1 Å². The van der Waals surface area contributed by atoms with E-state index >= 15 is 0 Å². The second kappa shape index (κ2) is 4.61. The molecule has 13 heavy (non-hydrogen) atoms. The summed E-state index contributed by atoms with van der Waals surface area (Å²) in [6, 6.07) is 4.06. The summed E-state index contributed by atoms with van der Waals surface area (Å²) < 4.78 is 1.79. The number of pyridine rings is 1. The Morgan fingerprint density at radius 1 is 1.62 bits per heavy atom. The van der Waals surface area contributed by atoms with Crippen LogP contribution in [-0.4, -0.2) is 4.57 Å². The van der Waals surface area contributed by atoms with E-state index < -0.39 is 0 Å². The third-order valence-electron chi connectivity index (χ3n) is 2.26. The van der Waals surface area contributed by atoms with Gasteiger partial charge in [-0.25, -0.2) is 0 Å². The van der Waals surface area contributed by atoms with Gasteiger partial charge in [-0.1, -0.05) is 28.9 Å². The average Bonchev–Trinajstić information content (AvgIpc) is 2.17. The first-order valence-corrected chi connectivity index (χ1v) is 5.58. The summed E-state index contributed by atoms with van der Waals surface area (Å²) in [5.41, 5.74) is 0.941. The standard InChI is InChI=1S/C10H14BrNO/c1-3-8(2)12-6-4-5-9(7-11)10(12)13/h4-6,8H,3,7H2,1-2H3. The van der Waals surface area contributed by atoms with Gasteiger partial charge in [0.05, 0.1) is 0 Å². The SMILES string of the molecule is CCC(C)n1cccc(CBr)c1=O. The molecule has 0 saturated heterocycles. The highest BCUT2D eigenvalue weighted by atomic mass is 79.9. The van der Waals surface area contributed by atoms with Crippen LogP contribution in [0.25, 0.3) is 0 Å². The van der Waals surface area contributed by atoms with E-state index in [1.807, 2.05) is 18.3 Å². The highest BCUT2D eigenvalue weighted by molar-refractivity contribution is 9.08. The molecule has 1 atom stereocenters. The minimum atomic E-state index is 0.119. The van der Waals surface area contributed by atoms with Crippen LogP contribution in [-0.2, 0) is 5.33 Å². The van der Waals surface area contributed by atoms with Gasteiger partial charge in [0.15, 0.2) is 0 Å². The molecular weight excluding hydrogens is 230 g/mol. The molecule has 0 N–H and O–H groups in total. The van der Waals surface area contributed by atoms with Crippen molar-refractivity contribution < 1.29 is 0 Å². The van der Waals surface area contributed by atoms with E-state index in [4.69, 9.17) is 0 Å². The highest BCUT2D eigenvalue weighted by Gasteiger charge is 2.05. The van der Waals surface area contributed by atoms with Crippen molar-refractivity contribution in [2.24, 2.45) is 0 Å². The van der Waals surface area contributed by atoms with E-state index in [2.05, 4.69) is 29.8 Å². The minimum Gasteiger partial charge on any atom is -0.313 e. The predicted octanol–water partition coefficient (Wildman–Crippen LogP) is 2.71. The number of alkyl halides is 1. The van der Waals surface area contributed by atoms with E-state index in [9.17, 15) is 4.79 Å². The molecule has 1 unspecified atom stereocenters. The fraction of sp³-hybridized carbons (Fsp3) is 0.500. The number of aromatic nitrogens is 1. The smallest absolute Gasteiger partial charge is 0.254 e. The largest absolute Gasteiger partial charge is 0.313 e. The normalized spacial score (nSPS) is 12.8. The number of halogens is 1. The summed E-state index contributed by atoms with van der Waals surface area (Å²) in [4.78, 5) is 11.7. The molecule has 0 saturated carbocycles. The number of hydrogen-bond acceptors (Lipinski definition) is 1. The number of nitrogens with zero attached hydrogens (tertiary/aromatic N) is 1. The molecule has 3 heteroatoms. The monoisotopic (exact) mass is 243 g/mol. The topological polar surface area (TPSA) is 22.0 Å². The zero-order chi connectivity index (χ0) is 9.84. The van der Waals surface area contributed by atoms with Crippen molar-refractivity contribution in [3.8, 4) is 0 Å². The molecule has 0 spiro atoms. The fourth-order valence-electron chi connectivity index (χ4n) is 1.20. The van der Waals surface area contributed by atoms with E-state index in [1.165, 1.54) is 0 Å². The molecule has 0 aliphatic carbocycles. The maximum absolute atomic E-state index is 11.7. The molecule has 1 rings (SSSR count). The Hall–Kier alpha value is -0.570. The molecule has 1 heterocycles. The second-order valence-electron chi connectivity index (χ2n) is 3.14. The van der Waals surface area contributed by atoms with Crippen LogP contribution in [0.3, 0.4) is 0 Å². The molecule has 0 amide bonds. The molecule has 0 aliphatic rings. The van der Waals surface area contributed by atoms with E-state index in [0.717, 1.165) is 12.0 Å². The predicted molar refractivity (Wildman–Crippen MR) is 58.3 cm³/mol. The average molecular weight is 244 g/mol. The lowest BCUT2D eigenvalue weighted by Gasteiger charge is -2.13. The Labute approximate surface area is 86.7 Å². The lowest BCUT2D eigenvalue weighted by Crippen LogP contribution is -2.24. The fourth-order valence-corrected chi connectivity index (χ4v) is 1.63. The van der Waals surface area contributed by atoms with E-state index in [1.54, 1.807) is 4.57 Å². The Bertz CT molecular complexity index is 332. The molecule has 0 bridgehead atoms. The van der Waals surface area contributed by atoms with Gasteiger partial charge in [0.25, 0.3) is 5.56 Å². The zero-order valence-electron chi connectivity index (χ0n) is 7.96. The summed E-state index contributed by atoms with van der Waals surface area (Å²) in [7, 11) is 0. The molecule has 0 fully saturated rings. The van der Waals surface area contributed by atoms with Crippen molar-refractivity contribution in [2.45, 2.75) is 31.6 Å². The minimum absolute atomic E-state index is 0.119. The van der Waals surface area contributed by atoms with Gasteiger partial charge in [0, 0.05) is 23.1 Å². The quantitative estimate of drug-likeness (QED) is 0.749. The van der Waals surface area contributed by atoms with Gasteiger partial charge >= 0.3 is 0 Å². The lowest BCUT2D eigenvalue weighted by molar-refractivity contribution is 0.512. The first-order valence-electron chi connectivity index (χ1n) is 4.46. The maximum Gasteiger partial charge on any atom is 0.254 e. The first-order chi connectivity index (χ1) is 6.20. The van der Waals surface area contributed by atoms with Crippen LogP contribution in [0.5, 0.6) is 0 Å². The molecule has 72 valence electrons. The van der Waals surface area contributed by atoms with Crippen LogP contribution < -0.4 is 5.56 Å². The Morgan fingerprint density at radius 3 is 2.85 bits per heavy atom. The summed E-state index contributed by atoms with van der Waals surface area (Å²) in [6.07, 6.45) is 2.83. The van der Waals surface area contributed by atoms with Crippen molar-refractivity contribution in [3.05, 3.63) is 34.2 Å². The number of hydrogen-bond donors (Lipinski definition) is 0. The van der Waals surface area contributed by atoms with Crippen molar-refractivity contribution in [3.63, 3.8) is 0 Å². The Balaban J connectivity index is 3.16. The summed E-state index contributed by atoms with van der Waals surface area (Å²) in [5, 5.41) is 0.628. The van der Waals surface area contributed by atoms with Crippen molar-refractivity contribution in [1.29, 1.82) is 0 Å². The van der Waals surface area contributed by atoms with Crippen LogP contribution in [0.1, 0.15) is 31.9 Å². The van der Waals surface area contributed by atoms with Gasteiger partial charge in [-0.05, 0) is 19.4 Å². The van der Waals surface area contributed by atoms with Gasteiger partial charge in [0.2, 0.25) is 0 Å². The second-order valence-corrected chi connectivity index (χ2v) is 3.70. The van der Waals surface area contributed by atoms with E-state index in [-0.39, 0.29) is 11.6 Å². The third kappa shape index (κ3) is 2.21. The van der Waals surface area contributed by atoms with Crippen molar-refractivity contribution in [2.75, 3.05) is 0 Å². The molecular formula is C10H14BrNO. The molecule has 2 nitrogen and oxygen atoms in total. The van der Waals surface area contributed by atoms with Crippen LogP contribution in [0, 0.1) is 0 Å². The molecule has 1 aromatic rings. The molecule has 0 aromatic carbocycles. The van der Waals surface area contributed by atoms with Crippen LogP contribution >= 0.6 is 15.9 Å². The number of rotatable bonds is 3. The lowest BCUT2D eigenvalue weighted by atomic mass is 10.2. The maximum atomic E-state index is 11.7. The zero-order valence-corrected chi connectivity index (χ0v) is 9.54. The first kappa shape index (κ1) is 10.5. The Kier molecular flexibility index (Phi) is 3.72. The van der Waals surface area contributed by atoms with Crippen LogP contribution in [0.2, 0.25) is 0 Å².